The molecule has 0 aliphatic heterocycles. The molecule has 0 unspecified atom stereocenters. The molecule has 2 aromatic carbocycles. The summed E-state index contributed by atoms with van der Waals surface area (Å²) in [4.78, 5) is 12.2. The second-order valence-corrected chi connectivity index (χ2v) is 7.00. The molecule has 3 aromatic rings. The van der Waals surface area contributed by atoms with E-state index in [1.807, 2.05) is 47.0 Å². The van der Waals surface area contributed by atoms with E-state index in [1.54, 1.807) is 13.4 Å². The molecule has 1 amide bonds. The van der Waals surface area contributed by atoms with Crippen molar-refractivity contribution in [2.24, 2.45) is 0 Å². The van der Waals surface area contributed by atoms with Gasteiger partial charge in [-0.15, -0.1) is 10.2 Å². The van der Waals surface area contributed by atoms with E-state index in [0.29, 0.717) is 11.7 Å². The highest BCUT2D eigenvalue weighted by Gasteiger charge is 2.13. The number of carbonyl (C=O) groups excluding carboxylic acids is 1. The molecule has 0 radical (unpaired) electrons. The molecule has 7 heteroatoms. The van der Waals surface area contributed by atoms with Gasteiger partial charge in [-0.25, -0.2) is 0 Å². The number of thioether (sulfide) groups is 1. The summed E-state index contributed by atoms with van der Waals surface area (Å²) in [5, 5.41) is 11.7. The van der Waals surface area contributed by atoms with Gasteiger partial charge in [-0.2, -0.15) is 0 Å². The zero-order valence-electron chi connectivity index (χ0n) is 15.3. The third-order valence-electron chi connectivity index (χ3n) is 4.17. The van der Waals surface area contributed by atoms with E-state index in [0.717, 1.165) is 11.4 Å². The summed E-state index contributed by atoms with van der Waals surface area (Å²) >= 11 is 1.35. The standard InChI is InChI=1S/C20H22N4O2S/c1-15(16-8-4-3-5-9-16)12-21-19(25)13-27-20-23-22-14-24(20)17-10-6-7-11-18(17)26-2/h3-11,14-15H,12-13H2,1-2H3,(H,21,25)/t15-/m0/s1. The molecule has 1 N–H and O–H groups in total. The Bertz CT molecular complexity index is 882. The topological polar surface area (TPSA) is 69.0 Å². The van der Waals surface area contributed by atoms with Crippen LogP contribution in [0.1, 0.15) is 18.4 Å². The van der Waals surface area contributed by atoms with Gasteiger partial charge >= 0.3 is 0 Å². The average molecular weight is 382 g/mol. The first-order chi connectivity index (χ1) is 13.2. The Morgan fingerprint density at radius 3 is 2.70 bits per heavy atom. The molecule has 0 saturated carbocycles. The lowest BCUT2D eigenvalue weighted by Gasteiger charge is -2.13. The minimum Gasteiger partial charge on any atom is -0.495 e. The fourth-order valence-corrected chi connectivity index (χ4v) is 3.42. The predicted molar refractivity (Wildman–Crippen MR) is 107 cm³/mol. The lowest BCUT2D eigenvalue weighted by molar-refractivity contribution is -0.118. The Morgan fingerprint density at radius 2 is 1.93 bits per heavy atom. The van der Waals surface area contributed by atoms with Crippen LogP contribution in [0, 0.1) is 0 Å². The van der Waals surface area contributed by atoms with Gasteiger partial charge in [0.1, 0.15) is 12.1 Å². The van der Waals surface area contributed by atoms with Crippen LogP contribution in [0.5, 0.6) is 5.75 Å². The highest BCUT2D eigenvalue weighted by Crippen LogP contribution is 2.26. The summed E-state index contributed by atoms with van der Waals surface area (Å²) in [6.07, 6.45) is 1.62. The van der Waals surface area contributed by atoms with Crippen LogP contribution >= 0.6 is 11.8 Å². The Balaban J connectivity index is 1.56. The van der Waals surface area contributed by atoms with Gasteiger partial charge in [0.2, 0.25) is 5.91 Å². The fourth-order valence-electron chi connectivity index (χ4n) is 2.66. The number of amides is 1. The van der Waals surface area contributed by atoms with Gasteiger partial charge in [0.25, 0.3) is 0 Å². The van der Waals surface area contributed by atoms with E-state index < -0.39 is 0 Å². The van der Waals surface area contributed by atoms with Gasteiger partial charge in [-0.3, -0.25) is 9.36 Å². The van der Waals surface area contributed by atoms with Gasteiger partial charge in [-0.1, -0.05) is 61.2 Å². The molecule has 0 saturated heterocycles. The third-order valence-corrected chi connectivity index (χ3v) is 5.11. The van der Waals surface area contributed by atoms with Crippen molar-refractivity contribution in [2.45, 2.75) is 18.0 Å². The molecule has 1 atom stereocenters. The highest BCUT2D eigenvalue weighted by molar-refractivity contribution is 7.99. The molecule has 140 valence electrons. The number of ether oxygens (including phenoxy) is 1. The zero-order chi connectivity index (χ0) is 19.1. The maximum atomic E-state index is 12.2. The van der Waals surface area contributed by atoms with Crippen molar-refractivity contribution in [1.82, 2.24) is 20.1 Å². The van der Waals surface area contributed by atoms with E-state index >= 15 is 0 Å². The van der Waals surface area contributed by atoms with Crippen molar-refractivity contribution >= 4 is 17.7 Å². The number of rotatable bonds is 8. The van der Waals surface area contributed by atoms with Crippen molar-refractivity contribution in [3.63, 3.8) is 0 Å². The summed E-state index contributed by atoms with van der Waals surface area (Å²) in [7, 11) is 1.62. The van der Waals surface area contributed by atoms with Crippen molar-refractivity contribution in [3.05, 3.63) is 66.5 Å². The number of methoxy groups -OCH3 is 1. The Labute approximate surface area is 163 Å². The first-order valence-electron chi connectivity index (χ1n) is 8.67. The van der Waals surface area contributed by atoms with Gasteiger partial charge in [0, 0.05) is 6.54 Å². The lowest BCUT2D eigenvalue weighted by atomic mass is 10.0. The van der Waals surface area contributed by atoms with E-state index in [1.165, 1.54) is 17.3 Å². The SMILES string of the molecule is COc1ccccc1-n1cnnc1SCC(=O)NC[C@H](C)c1ccccc1. The molecular formula is C20H22N4O2S. The number of nitrogens with zero attached hydrogens (tertiary/aromatic N) is 3. The van der Waals surface area contributed by atoms with E-state index in [4.69, 9.17) is 4.74 Å². The first kappa shape index (κ1) is 19.0. The zero-order valence-corrected chi connectivity index (χ0v) is 16.1. The molecule has 27 heavy (non-hydrogen) atoms. The number of carbonyl (C=O) groups is 1. The number of nitrogens with one attached hydrogen (secondary N) is 1. The molecule has 1 aromatic heterocycles. The van der Waals surface area contributed by atoms with Crippen molar-refractivity contribution in [3.8, 4) is 11.4 Å². The fraction of sp³-hybridized carbons (Fsp3) is 0.250. The Kier molecular flexibility index (Phi) is 6.49. The molecule has 1 heterocycles. The van der Waals surface area contributed by atoms with Crippen molar-refractivity contribution in [1.29, 1.82) is 0 Å². The number of para-hydroxylation sites is 2. The van der Waals surface area contributed by atoms with E-state index in [-0.39, 0.29) is 17.6 Å². The van der Waals surface area contributed by atoms with E-state index in [2.05, 4.69) is 34.6 Å². The van der Waals surface area contributed by atoms with Gasteiger partial charge in [0.05, 0.1) is 18.6 Å². The second kappa shape index (κ2) is 9.23. The van der Waals surface area contributed by atoms with Crippen LogP contribution in [0.15, 0.2) is 66.1 Å². The maximum Gasteiger partial charge on any atom is 0.230 e. The number of benzene rings is 2. The minimum absolute atomic E-state index is 0.0302. The summed E-state index contributed by atoms with van der Waals surface area (Å²) in [6, 6.07) is 17.8. The Morgan fingerprint density at radius 1 is 1.19 bits per heavy atom. The molecule has 0 aliphatic rings. The molecule has 0 bridgehead atoms. The number of aromatic nitrogens is 3. The van der Waals surface area contributed by atoms with Crippen LogP contribution in [-0.4, -0.2) is 40.1 Å². The largest absolute Gasteiger partial charge is 0.495 e. The smallest absolute Gasteiger partial charge is 0.230 e. The molecule has 6 nitrogen and oxygen atoms in total. The summed E-state index contributed by atoms with van der Waals surface area (Å²) < 4.78 is 7.21. The van der Waals surface area contributed by atoms with Crippen LogP contribution in [0.2, 0.25) is 0 Å². The highest BCUT2D eigenvalue weighted by atomic mass is 32.2. The monoisotopic (exact) mass is 382 g/mol. The van der Waals surface area contributed by atoms with Crippen LogP contribution in [0.4, 0.5) is 0 Å². The van der Waals surface area contributed by atoms with E-state index in [9.17, 15) is 4.79 Å². The van der Waals surface area contributed by atoms with Crippen LogP contribution in [0.3, 0.4) is 0 Å². The van der Waals surface area contributed by atoms with Crippen molar-refractivity contribution in [2.75, 3.05) is 19.4 Å². The van der Waals surface area contributed by atoms with Gasteiger partial charge < -0.3 is 10.1 Å². The normalized spacial score (nSPS) is 11.8. The summed E-state index contributed by atoms with van der Waals surface area (Å²) in [5.41, 5.74) is 2.05. The third kappa shape index (κ3) is 4.89. The number of hydrogen-bond donors (Lipinski definition) is 1. The molecule has 0 aliphatic carbocycles. The Hall–Kier alpha value is -2.80. The summed E-state index contributed by atoms with van der Waals surface area (Å²) in [6.45, 7) is 2.70. The average Bonchev–Trinajstić information content (AvgIpc) is 3.19. The molecule has 3 rings (SSSR count). The quantitative estimate of drug-likeness (QED) is 0.606. The second-order valence-electron chi connectivity index (χ2n) is 6.06. The lowest BCUT2D eigenvalue weighted by Crippen LogP contribution is -2.29. The maximum absolute atomic E-state index is 12.2. The molecule has 0 spiro atoms. The van der Waals surface area contributed by atoms with Gasteiger partial charge in [-0.05, 0) is 23.6 Å². The van der Waals surface area contributed by atoms with Crippen molar-refractivity contribution < 1.29 is 9.53 Å². The number of hydrogen-bond acceptors (Lipinski definition) is 5. The molecule has 0 fully saturated rings. The molecular weight excluding hydrogens is 360 g/mol. The van der Waals surface area contributed by atoms with Crippen LogP contribution < -0.4 is 10.1 Å². The minimum atomic E-state index is -0.0302. The van der Waals surface area contributed by atoms with Crippen LogP contribution in [0.25, 0.3) is 5.69 Å². The van der Waals surface area contributed by atoms with Gasteiger partial charge in [0.15, 0.2) is 5.16 Å². The summed E-state index contributed by atoms with van der Waals surface area (Å²) in [5.74, 6) is 1.23. The van der Waals surface area contributed by atoms with Crippen LogP contribution in [-0.2, 0) is 4.79 Å². The first-order valence-corrected chi connectivity index (χ1v) is 9.65. The predicted octanol–water partition coefficient (Wildman–Crippen LogP) is 3.29.